The average Bonchev–Trinajstić information content (AvgIpc) is 2.18. The Morgan fingerprint density at radius 1 is 1.36 bits per heavy atom. The number of nitrogens with zero attached hydrogens (tertiary/aromatic N) is 1. The predicted octanol–water partition coefficient (Wildman–Crippen LogP) is 2.24. The van der Waals surface area contributed by atoms with Crippen molar-refractivity contribution in [3.05, 3.63) is 41.6 Å². The molecule has 3 nitrogen and oxygen atoms in total. The summed E-state index contributed by atoms with van der Waals surface area (Å²) in [6, 6.07) is 6.91. The molecule has 1 N–H and O–H groups in total. The zero-order valence-corrected chi connectivity index (χ0v) is 7.69. The molecule has 0 fully saturated rings. The Hall–Kier alpha value is -1.90. The lowest BCUT2D eigenvalue weighted by Gasteiger charge is -2.03. The molecular weight excluding hydrogens is 178 g/mol. The van der Waals surface area contributed by atoms with Gasteiger partial charge in [-0.05, 0) is 24.6 Å². The molecule has 1 aromatic carbocycles. The Kier molecular flexibility index (Phi) is 1.93. The van der Waals surface area contributed by atoms with E-state index in [9.17, 15) is 4.79 Å². The van der Waals surface area contributed by atoms with Crippen LogP contribution in [0.1, 0.15) is 15.9 Å². The van der Waals surface area contributed by atoms with Gasteiger partial charge in [-0.15, -0.1) is 0 Å². The molecule has 0 unspecified atom stereocenters. The van der Waals surface area contributed by atoms with Gasteiger partial charge in [-0.1, -0.05) is 12.1 Å². The number of carbonyl (C=O) groups is 1. The van der Waals surface area contributed by atoms with Gasteiger partial charge in [-0.2, -0.15) is 0 Å². The number of pyridine rings is 1. The zero-order valence-electron chi connectivity index (χ0n) is 7.69. The molecule has 0 aliphatic carbocycles. The third kappa shape index (κ3) is 1.23. The molecule has 0 saturated heterocycles. The summed E-state index contributed by atoms with van der Waals surface area (Å²) in [7, 11) is 0. The van der Waals surface area contributed by atoms with E-state index < -0.39 is 5.97 Å². The smallest absolute Gasteiger partial charge is 0.336 e. The minimum atomic E-state index is -0.914. The van der Waals surface area contributed by atoms with Crippen LogP contribution in [0.4, 0.5) is 0 Å². The van der Waals surface area contributed by atoms with Crippen molar-refractivity contribution in [2.24, 2.45) is 0 Å². The fourth-order valence-corrected chi connectivity index (χ4v) is 1.50. The van der Waals surface area contributed by atoms with Crippen LogP contribution in [0.3, 0.4) is 0 Å². The number of hydrogen-bond acceptors (Lipinski definition) is 2. The molecule has 0 radical (unpaired) electrons. The summed E-state index contributed by atoms with van der Waals surface area (Å²) in [5.74, 6) is -0.914. The normalized spacial score (nSPS) is 10.4. The van der Waals surface area contributed by atoms with Crippen LogP contribution in [0, 0.1) is 6.92 Å². The summed E-state index contributed by atoms with van der Waals surface area (Å²) in [5, 5.41) is 9.64. The maximum atomic E-state index is 10.9. The van der Waals surface area contributed by atoms with E-state index in [0.717, 1.165) is 11.1 Å². The van der Waals surface area contributed by atoms with Crippen molar-refractivity contribution in [2.75, 3.05) is 0 Å². The van der Waals surface area contributed by atoms with Crippen molar-refractivity contribution in [3.63, 3.8) is 0 Å². The van der Waals surface area contributed by atoms with E-state index in [1.807, 2.05) is 6.92 Å². The van der Waals surface area contributed by atoms with E-state index in [0.29, 0.717) is 10.9 Å². The summed E-state index contributed by atoms with van der Waals surface area (Å²) >= 11 is 0. The van der Waals surface area contributed by atoms with Crippen LogP contribution in [0.5, 0.6) is 0 Å². The number of fused-ring (bicyclic) bond motifs is 1. The molecule has 0 amide bonds. The Labute approximate surface area is 81.0 Å². The summed E-state index contributed by atoms with van der Waals surface area (Å²) in [5.41, 5.74) is 2.05. The maximum Gasteiger partial charge on any atom is 0.336 e. The highest BCUT2D eigenvalue weighted by atomic mass is 16.4. The number of carboxylic acids is 1. The second-order valence-corrected chi connectivity index (χ2v) is 3.13. The molecule has 1 aromatic heterocycles. The maximum absolute atomic E-state index is 10.9. The van der Waals surface area contributed by atoms with Gasteiger partial charge < -0.3 is 5.11 Å². The van der Waals surface area contributed by atoms with Gasteiger partial charge in [0, 0.05) is 11.6 Å². The highest BCUT2D eigenvalue weighted by Crippen LogP contribution is 2.19. The fourth-order valence-electron chi connectivity index (χ4n) is 1.50. The third-order valence-electron chi connectivity index (χ3n) is 2.20. The average molecular weight is 187 g/mol. The molecule has 70 valence electrons. The van der Waals surface area contributed by atoms with Gasteiger partial charge in [0.25, 0.3) is 0 Å². The number of benzene rings is 1. The number of aromatic nitrogens is 1. The second-order valence-electron chi connectivity index (χ2n) is 3.13. The lowest BCUT2D eigenvalue weighted by atomic mass is 10.1. The van der Waals surface area contributed by atoms with Crippen LogP contribution >= 0.6 is 0 Å². The number of hydrogen-bond donors (Lipinski definition) is 1. The van der Waals surface area contributed by atoms with Gasteiger partial charge in [-0.25, -0.2) is 4.79 Å². The molecule has 0 spiro atoms. The standard InChI is InChI=1S/C11H9NO2/c1-7-4-5-9(11(13)14)8-3-2-6-12-10(7)8/h2-6H,1H3,(H,13,14). The van der Waals surface area contributed by atoms with Gasteiger partial charge in [0.2, 0.25) is 0 Å². The first kappa shape index (κ1) is 8.69. The molecular formula is C11H9NO2. The van der Waals surface area contributed by atoms with Crippen LogP contribution in [-0.2, 0) is 0 Å². The Morgan fingerprint density at radius 2 is 2.14 bits per heavy atom. The molecule has 0 atom stereocenters. The number of rotatable bonds is 1. The first-order valence-electron chi connectivity index (χ1n) is 4.28. The van der Waals surface area contributed by atoms with Crippen LogP contribution in [0.25, 0.3) is 10.9 Å². The number of aryl methyl sites for hydroxylation is 1. The molecule has 1 heterocycles. The van der Waals surface area contributed by atoms with Crippen LogP contribution in [-0.4, -0.2) is 16.1 Å². The molecule has 0 aliphatic rings. The number of aromatic carboxylic acids is 1. The molecule has 14 heavy (non-hydrogen) atoms. The second kappa shape index (κ2) is 3.10. The quantitative estimate of drug-likeness (QED) is 0.744. The van der Waals surface area contributed by atoms with Crippen molar-refractivity contribution in [2.45, 2.75) is 6.92 Å². The molecule has 0 saturated carbocycles. The van der Waals surface area contributed by atoms with Crippen LogP contribution < -0.4 is 0 Å². The van der Waals surface area contributed by atoms with E-state index in [4.69, 9.17) is 5.11 Å². The predicted molar refractivity (Wildman–Crippen MR) is 53.4 cm³/mol. The van der Waals surface area contributed by atoms with Crippen molar-refractivity contribution in [3.8, 4) is 0 Å². The van der Waals surface area contributed by atoms with Gasteiger partial charge in [0.1, 0.15) is 0 Å². The summed E-state index contributed by atoms with van der Waals surface area (Å²) < 4.78 is 0. The lowest BCUT2D eigenvalue weighted by Crippen LogP contribution is -1.98. The van der Waals surface area contributed by atoms with Gasteiger partial charge in [0.15, 0.2) is 0 Å². The summed E-state index contributed by atoms with van der Waals surface area (Å²) in [6.07, 6.45) is 1.67. The van der Waals surface area contributed by atoms with Gasteiger partial charge in [-0.3, -0.25) is 4.98 Å². The molecule has 0 bridgehead atoms. The highest BCUT2D eigenvalue weighted by Gasteiger charge is 2.09. The summed E-state index contributed by atoms with van der Waals surface area (Å²) in [4.78, 5) is 15.1. The fraction of sp³-hybridized carbons (Fsp3) is 0.0909. The van der Waals surface area contributed by atoms with Crippen LogP contribution in [0.15, 0.2) is 30.5 Å². The van der Waals surface area contributed by atoms with Crippen molar-refractivity contribution >= 4 is 16.9 Å². The van der Waals surface area contributed by atoms with Gasteiger partial charge in [0.05, 0.1) is 11.1 Å². The number of carboxylic acid groups (broad SMARTS) is 1. The van der Waals surface area contributed by atoms with Crippen molar-refractivity contribution in [1.29, 1.82) is 0 Å². The largest absolute Gasteiger partial charge is 0.478 e. The Balaban J connectivity index is 2.88. The molecule has 2 aromatic rings. The van der Waals surface area contributed by atoms with E-state index in [2.05, 4.69) is 4.98 Å². The van der Waals surface area contributed by atoms with E-state index in [1.54, 1.807) is 30.5 Å². The van der Waals surface area contributed by atoms with Crippen LogP contribution in [0.2, 0.25) is 0 Å². The monoisotopic (exact) mass is 187 g/mol. The van der Waals surface area contributed by atoms with E-state index >= 15 is 0 Å². The van der Waals surface area contributed by atoms with Gasteiger partial charge >= 0.3 is 5.97 Å². The van der Waals surface area contributed by atoms with Crippen molar-refractivity contribution < 1.29 is 9.90 Å². The molecule has 0 aliphatic heterocycles. The first-order chi connectivity index (χ1) is 6.70. The highest BCUT2D eigenvalue weighted by molar-refractivity contribution is 6.03. The molecule has 2 rings (SSSR count). The zero-order chi connectivity index (χ0) is 10.1. The topological polar surface area (TPSA) is 50.2 Å². The third-order valence-corrected chi connectivity index (χ3v) is 2.20. The summed E-state index contributed by atoms with van der Waals surface area (Å²) in [6.45, 7) is 1.92. The Bertz CT molecular complexity index is 506. The van der Waals surface area contributed by atoms with E-state index in [-0.39, 0.29) is 0 Å². The first-order valence-corrected chi connectivity index (χ1v) is 4.28. The minimum absolute atomic E-state index is 0.304. The van der Waals surface area contributed by atoms with E-state index in [1.165, 1.54) is 0 Å². The molecule has 3 heteroatoms. The Morgan fingerprint density at radius 3 is 2.86 bits per heavy atom. The van der Waals surface area contributed by atoms with Crippen molar-refractivity contribution in [1.82, 2.24) is 4.98 Å². The minimum Gasteiger partial charge on any atom is -0.478 e. The SMILES string of the molecule is Cc1ccc(C(=O)O)c2cccnc12. The lowest BCUT2D eigenvalue weighted by molar-refractivity contribution is 0.0699.